The summed E-state index contributed by atoms with van der Waals surface area (Å²) in [4.78, 5) is 43.0. The fraction of sp³-hybridized carbons (Fsp3) is 0.0909. The zero-order valence-electron chi connectivity index (χ0n) is 17.8. The lowest BCUT2D eigenvalue weighted by molar-refractivity contribution is -0.349. The van der Waals surface area contributed by atoms with E-state index in [4.69, 9.17) is 27.2 Å². The van der Waals surface area contributed by atoms with Crippen LogP contribution >= 0.6 is 11.6 Å². The first-order valence-corrected chi connectivity index (χ1v) is 10.4. The highest BCUT2D eigenvalue weighted by Crippen LogP contribution is 2.24. The molecule has 13 heteroatoms. The molecule has 2 heterocycles. The Morgan fingerprint density at radius 1 is 1.23 bits per heavy atom. The zero-order chi connectivity index (χ0) is 25.1. The highest BCUT2D eigenvalue weighted by atomic mass is 35.5. The van der Waals surface area contributed by atoms with Crippen molar-refractivity contribution in [3.63, 3.8) is 0 Å². The molecule has 0 spiro atoms. The number of nitrogens with zero attached hydrogens (tertiary/aromatic N) is 2. The second-order valence-electron chi connectivity index (χ2n) is 7.27. The number of carbonyl (C=O) groups is 3. The van der Waals surface area contributed by atoms with E-state index in [1.54, 1.807) is 0 Å². The third-order valence-electron chi connectivity index (χ3n) is 4.91. The SMILES string of the molecule is Nc1n[nH]c2c(C(=O)NCc3cc(Cl)c(F)c(C(=O)c4ccc(OCC(=O)O)cc4)c3)nc[nH+]c12. The number of aliphatic carboxylic acids is 1. The topological polar surface area (TPSA) is 174 Å². The molecule has 1 amide bonds. The smallest absolute Gasteiger partial charge is 0.341 e. The molecule has 11 nitrogen and oxygen atoms in total. The maximum Gasteiger partial charge on any atom is 0.341 e. The fourth-order valence-corrected chi connectivity index (χ4v) is 3.50. The van der Waals surface area contributed by atoms with E-state index in [9.17, 15) is 18.8 Å². The van der Waals surface area contributed by atoms with Gasteiger partial charge in [-0.3, -0.25) is 14.7 Å². The summed E-state index contributed by atoms with van der Waals surface area (Å²) >= 11 is 6.00. The number of aromatic nitrogens is 4. The van der Waals surface area contributed by atoms with Crippen molar-refractivity contribution >= 4 is 46.1 Å². The molecule has 0 saturated heterocycles. The highest BCUT2D eigenvalue weighted by Gasteiger charge is 2.23. The standard InChI is InChI=1S/C22H16ClFN6O5/c23-14-6-10(7-26-22(34)19-17-18(27-9-28-19)21(25)30-29-17)5-13(16(14)24)20(33)11-1-3-12(4-2-11)35-8-15(31)32/h1-6,9H,7-8H2,(H,26,34)(H,31,32)(H3,25,29,30)/p+1. The highest BCUT2D eigenvalue weighted by molar-refractivity contribution is 6.31. The molecule has 0 atom stereocenters. The van der Waals surface area contributed by atoms with Crippen LogP contribution in [-0.4, -0.2) is 44.6 Å². The summed E-state index contributed by atoms with van der Waals surface area (Å²) in [5, 5.41) is 17.5. The number of hydrogen-bond acceptors (Lipinski definition) is 7. The Morgan fingerprint density at radius 3 is 2.69 bits per heavy atom. The van der Waals surface area contributed by atoms with Crippen molar-refractivity contribution in [1.82, 2.24) is 20.5 Å². The van der Waals surface area contributed by atoms with Gasteiger partial charge in [0.15, 0.2) is 35.1 Å². The predicted octanol–water partition coefficient (Wildman–Crippen LogP) is 1.77. The van der Waals surface area contributed by atoms with Gasteiger partial charge in [0.1, 0.15) is 5.75 Å². The van der Waals surface area contributed by atoms with Crippen LogP contribution in [0.3, 0.4) is 0 Å². The fourth-order valence-electron chi connectivity index (χ4n) is 3.25. The number of fused-ring (bicyclic) bond motifs is 1. The number of amides is 1. The van der Waals surface area contributed by atoms with E-state index in [-0.39, 0.29) is 40.0 Å². The van der Waals surface area contributed by atoms with E-state index in [1.165, 1.54) is 42.7 Å². The molecule has 2 aromatic carbocycles. The summed E-state index contributed by atoms with van der Waals surface area (Å²) in [5.74, 6) is -2.86. The number of hydrogen-bond donors (Lipinski definition) is 4. The Labute approximate surface area is 201 Å². The van der Waals surface area contributed by atoms with Crippen molar-refractivity contribution in [1.29, 1.82) is 0 Å². The number of benzene rings is 2. The molecule has 4 aromatic rings. The molecular formula is C22H17ClFN6O5+. The third-order valence-corrected chi connectivity index (χ3v) is 5.19. The number of nitrogens with one attached hydrogen (secondary N) is 3. The zero-order valence-corrected chi connectivity index (χ0v) is 18.5. The minimum absolute atomic E-state index is 0.0395. The van der Waals surface area contributed by atoms with Crippen LogP contribution in [0.4, 0.5) is 10.2 Å². The summed E-state index contributed by atoms with van der Waals surface area (Å²) in [5.41, 5.74) is 6.70. The molecule has 6 N–H and O–H groups in total. The number of carboxylic acid groups (broad SMARTS) is 1. The maximum atomic E-state index is 14.7. The molecule has 178 valence electrons. The lowest BCUT2D eigenvalue weighted by Gasteiger charge is -2.10. The molecule has 0 aliphatic carbocycles. The summed E-state index contributed by atoms with van der Waals surface area (Å²) < 4.78 is 19.7. The molecule has 0 saturated carbocycles. The van der Waals surface area contributed by atoms with Gasteiger partial charge in [-0.2, -0.15) is 5.10 Å². The number of halogens is 2. The van der Waals surface area contributed by atoms with Gasteiger partial charge in [0.05, 0.1) is 10.6 Å². The molecule has 0 aliphatic heterocycles. The predicted molar refractivity (Wildman–Crippen MR) is 120 cm³/mol. The number of nitrogen functional groups attached to an aromatic ring is 1. The summed E-state index contributed by atoms with van der Waals surface area (Å²) in [6, 6.07) is 8.13. The van der Waals surface area contributed by atoms with E-state index < -0.39 is 30.1 Å². The molecule has 4 rings (SSSR count). The van der Waals surface area contributed by atoms with Crippen LogP contribution in [-0.2, 0) is 11.3 Å². The van der Waals surface area contributed by atoms with Gasteiger partial charge in [-0.15, -0.1) is 0 Å². The van der Waals surface area contributed by atoms with Crippen molar-refractivity contribution in [2.24, 2.45) is 0 Å². The largest absolute Gasteiger partial charge is 0.482 e. The average molecular weight is 500 g/mol. The summed E-state index contributed by atoms with van der Waals surface area (Å²) in [6.45, 7) is -0.617. The number of aromatic amines is 2. The molecule has 0 aliphatic rings. The first-order chi connectivity index (χ1) is 16.7. The molecule has 0 unspecified atom stereocenters. The molecule has 0 radical (unpaired) electrons. The first kappa shape index (κ1) is 23.6. The van der Waals surface area contributed by atoms with E-state index >= 15 is 0 Å². The molecule has 0 fully saturated rings. The quantitative estimate of drug-likeness (QED) is 0.265. The number of ketones is 1. The van der Waals surface area contributed by atoms with Crippen LogP contribution in [0.1, 0.15) is 32.0 Å². The van der Waals surface area contributed by atoms with Crippen LogP contribution in [0.25, 0.3) is 11.0 Å². The van der Waals surface area contributed by atoms with Crippen molar-refractivity contribution in [3.05, 3.63) is 75.9 Å². The van der Waals surface area contributed by atoms with Gasteiger partial charge in [0.2, 0.25) is 0 Å². The molecule has 2 aromatic heterocycles. The van der Waals surface area contributed by atoms with Gasteiger partial charge >= 0.3 is 5.97 Å². The summed E-state index contributed by atoms with van der Waals surface area (Å²) in [7, 11) is 0. The minimum Gasteiger partial charge on any atom is -0.482 e. The van der Waals surface area contributed by atoms with Gasteiger partial charge in [-0.1, -0.05) is 11.6 Å². The van der Waals surface area contributed by atoms with Crippen molar-refractivity contribution in [2.75, 3.05) is 12.3 Å². The van der Waals surface area contributed by atoms with Crippen molar-refractivity contribution in [3.8, 4) is 5.75 Å². The number of ether oxygens (including phenoxy) is 1. The Kier molecular flexibility index (Phi) is 6.55. The van der Waals surface area contributed by atoms with Crippen molar-refractivity contribution < 1.29 is 33.6 Å². The minimum atomic E-state index is -1.15. The Morgan fingerprint density at radius 2 is 1.97 bits per heavy atom. The number of rotatable bonds is 8. The number of H-pyrrole nitrogens is 2. The Balaban J connectivity index is 1.52. The number of anilines is 1. The van der Waals surface area contributed by atoms with Gasteiger partial charge in [-0.25, -0.2) is 14.2 Å². The number of carboxylic acids is 1. The first-order valence-electron chi connectivity index (χ1n) is 10.00. The van der Waals surface area contributed by atoms with Gasteiger partial charge < -0.3 is 20.9 Å². The van der Waals surface area contributed by atoms with Crippen LogP contribution in [0.15, 0.2) is 42.7 Å². The molecular weight excluding hydrogens is 483 g/mol. The lowest BCUT2D eigenvalue weighted by atomic mass is 10.0. The second-order valence-corrected chi connectivity index (χ2v) is 7.67. The molecule has 35 heavy (non-hydrogen) atoms. The third kappa shape index (κ3) is 5.01. The Hall–Kier alpha value is -4.58. The average Bonchev–Trinajstić information content (AvgIpc) is 3.24. The van der Waals surface area contributed by atoms with Gasteiger partial charge in [0.25, 0.3) is 17.9 Å². The number of carbonyl (C=O) groups excluding carboxylic acids is 2. The van der Waals surface area contributed by atoms with Crippen LogP contribution < -0.4 is 20.8 Å². The van der Waals surface area contributed by atoms with E-state index in [0.717, 1.165) is 0 Å². The maximum absolute atomic E-state index is 14.7. The van der Waals surface area contributed by atoms with E-state index in [2.05, 4.69) is 25.5 Å². The van der Waals surface area contributed by atoms with Gasteiger partial charge in [0, 0.05) is 12.1 Å². The van der Waals surface area contributed by atoms with E-state index in [0.29, 0.717) is 16.6 Å². The van der Waals surface area contributed by atoms with E-state index in [1.807, 2.05) is 0 Å². The number of nitrogens with two attached hydrogens (primary N) is 1. The Bertz CT molecular complexity index is 1460. The van der Waals surface area contributed by atoms with Crippen LogP contribution in [0, 0.1) is 5.82 Å². The second kappa shape index (κ2) is 9.73. The lowest BCUT2D eigenvalue weighted by Crippen LogP contribution is -2.25. The normalized spacial score (nSPS) is 10.8. The summed E-state index contributed by atoms with van der Waals surface area (Å²) in [6.07, 6.45) is 1.30. The van der Waals surface area contributed by atoms with Crippen LogP contribution in [0.2, 0.25) is 5.02 Å². The van der Waals surface area contributed by atoms with Crippen molar-refractivity contribution in [2.45, 2.75) is 6.54 Å². The van der Waals surface area contributed by atoms with Crippen LogP contribution in [0.5, 0.6) is 5.75 Å². The van der Waals surface area contributed by atoms with Gasteiger partial charge in [-0.05, 0) is 46.9 Å². The monoisotopic (exact) mass is 499 g/mol. The molecule has 0 bridgehead atoms.